The molecule has 0 saturated heterocycles. The largest absolute Gasteiger partial charge is 0.358 e. The van der Waals surface area contributed by atoms with Crippen molar-refractivity contribution in [1.82, 2.24) is 9.97 Å². The number of aromatic nitrogens is 2. The number of para-hydroxylation sites is 1. The van der Waals surface area contributed by atoms with E-state index in [1.54, 1.807) is 18.2 Å². The zero-order valence-corrected chi connectivity index (χ0v) is 12.7. The van der Waals surface area contributed by atoms with Crippen molar-refractivity contribution >= 4 is 49.6 Å². The SMILES string of the molecule is N#Cc1c[nH]c2c(NS(=O)(=O)c3ncc(Cl)s3)cccc12. The maximum absolute atomic E-state index is 12.2. The number of nitrogens with zero attached hydrogens (tertiary/aromatic N) is 2. The molecule has 3 aromatic rings. The maximum atomic E-state index is 12.2. The Morgan fingerprint density at radius 3 is 2.90 bits per heavy atom. The first-order valence-corrected chi connectivity index (χ1v) is 8.33. The van der Waals surface area contributed by atoms with Crippen LogP contribution in [0.3, 0.4) is 0 Å². The van der Waals surface area contributed by atoms with Gasteiger partial charge < -0.3 is 4.98 Å². The molecule has 9 heteroatoms. The number of nitrogens with one attached hydrogen (secondary N) is 2. The summed E-state index contributed by atoms with van der Waals surface area (Å²) in [5.41, 5.74) is 1.34. The van der Waals surface area contributed by atoms with Crippen LogP contribution in [0.2, 0.25) is 4.34 Å². The lowest BCUT2D eigenvalue weighted by atomic mass is 10.2. The first-order chi connectivity index (χ1) is 10.0. The van der Waals surface area contributed by atoms with Gasteiger partial charge in [0.15, 0.2) is 0 Å². The number of nitriles is 1. The molecule has 0 aliphatic carbocycles. The summed E-state index contributed by atoms with van der Waals surface area (Å²) in [4.78, 5) is 6.65. The molecule has 2 aromatic heterocycles. The Bertz CT molecular complexity index is 969. The fourth-order valence-corrected chi connectivity index (χ4v) is 4.24. The lowest BCUT2D eigenvalue weighted by molar-refractivity contribution is 0.600. The second kappa shape index (κ2) is 5.04. The number of hydrogen-bond acceptors (Lipinski definition) is 5. The standard InChI is InChI=1S/C12H7ClN4O2S2/c13-10-6-16-12(20-10)21(18,19)17-9-3-1-2-8-7(4-14)5-15-11(8)9/h1-3,5-6,15,17H. The topological polar surface area (TPSA) is 98.6 Å². The molecule has 0 saturated carbocycles. The lowest BCUT2D eigenvalue weighted by Gasteiger charge is -2.06. The van der Waals surface area contributed by atoms with Gasteiger partial charge in [0.1, 0.15) is 10.4 Å². The van der Waals surface area contributed by atoms with E-state index in [1.807, 2.05) is 6.07 Å². The van der Waals surface area contributed by atoms with Gasteiger partial charge in [-0.2, -0.15) is 13.7 Å². The Labute approximate surface area is 129 Å². The van der Waals surface area contributed by atoms with Gasteiger partial charge in [-0.3, -0.25) is 4.72 Å². The van der Waals surface area contributed by atoms with Crippen LogP contribution in [0, 0.1) is 11.3 Å². The van der Waals surface area contributed by atoms with Crippen molar-refractivity contribution in [2.45, 2.75) is 4.34 Å². The second-order valence-corrected chi connectivity index (χ2v) is 7.60. The van der Waals surface area contributed by atoms with Gasteiger partial charge >= 0.3 is 0 Å². The summed E-state index contributed by atoms with van der Waals surface area (Å²) in [5, 5.41) is 9.65. The quantitative estimate of drug-likeness (QED) is 0.766. The van der Waals surface area contributed by atoms with Crippen LogP contribution in [0.25, 0.3) is 10.9 Å². The first kappa shape index (κ1) is 13.9. The van der Waals surface area contributed by atoms with Gasteiger partial charge in [0, 0.05) is 11.6 Å². The van der Waals surface area contributed by atoms with Crippen LogP contribution in [0.5, 0.6) is 0 Å². The van der Waals surface area contributed by atoms with E-state index in [0.29, 0.717) is 26.5 Å². The summed E-state index contributed by atoms with van der Waals surface area (Å²) in [6.07, 6.45) is 2.81. The molecule has 2 heterocycles. The third-order valence-electron chi connectivity index (χ3n) is 2.77. The fourth-order valence-electron chi connectivity index (χ4n) is 1.88. The smallest absolute Gasteiger partial charge is 0.289 e. The Morgan fingerprint density at radius 1 is 1.43 bits per heavy atom. The van der Waals surface area contributed by atoms with Crippen LogP contribution >= 0.6 is 22.9 Å². The minimum absolute atomic E-state index is 0.114. The molecule has 0 amide bonds. The van der Waals surface area contributed by atoms with Gasteiger partial charge in [0.2, 0.25) is 4.34 Å². The second-order valence-electron chi connectivity index (χ2n) is 4.08. The van der Waals surface area contributed by atoms with Crippen molar-refractivity contribution in [2.24, 2.45) is 0 Å². The number of halogens is 1. The first-order valence-electron chi connectivity index (χ1n) is 5.65. The number of anilines is 1. The molecule has 0 aliphatic heterocycles. The molecule has 21 heavy (non-hydrogen) atoms. The van der Waals surface area contributed by atoms with Crippen molar-refractivity contribution in [3.63, 3.8) is 0 Å². The molecule has 0 fully saturated rings. The van der Waals surface area contributed by atoms with E-state index in [1.165, 1.54) is 12.4 Å². The van der Waals surface area contributed by atoms with Gasteiger partial charge in [0.05, 0.1) is 23.0 Å². The van der Waals surface area contributed by atoms with Crippen molar-refractivity contribution in [1.29, 1.82) is 5.26 Å². The molecular formula is C12H7ClN4O2S2. The van der Waals surface area contributed by atoms with E-state index in [-0.39, 0.29) is 4.34 Å². The van der Waals surface area contributed by atoms with Gasteiger partial charge in [-0.25, -0.2) is 4.98 Å². The van der Waals surface area contributed by atoms with E-state index in [9.17, 15) is 8.42 Å². The highest BCUT2D eigenvalue weighted by atomic mass is 35.5. The van der Waals surface area contributed by atoms with Crippen molar-refractivity contribution in [3.8, 4) is 6.07 Å². The zero-order valence-electron chi connectivity index (χ0n) is 10.3. The number of fused-ring (bicyclic) bond motifs is 1. The number of rotatable bonds is 3. The molecule has 6 nitrogen and oxygen atoms in total. The number of aromatic amines is 1. The maximum Gasteiger partial charge on any atom is 0.289 e. The Hall–Kier alpha value is -2.08. The molecule has 106 valence electrons. The molecule has 0 spiro atoms. The average molecular weight is 339 g/mol. The van der Waals surface area contributed by atoms with Crippen LogP contribution in [0.15, 0.2) is 34.9 Å². The third-order valence-corrected chi connectivity index (χ3v) is 5.64. The van der Waals surface area contributed by atoms with Gasteiger partial charge in [-0.05, 0) is 6.07 Å². The van der Waals surface area contributed by atoms with E-state index in [4.69, 9.17) is 16.9 Å². The minimum atomic E-state index is -3.81. The van der Waals surface area contributed by atoms with Crippen molar-refractivity contribution < 1.29 is 8.42 Å². The van der Waals surface area contributed by atoms with E-state index in [2.05, 4.69) is 14.7 Å². The molecular weight excluding hydrogens is 332 g/mol. The number of sulfonamides is 1. The number of benzene rings is 1. The molecule has 0 bridgehead atoms. The van der Waals surface area contributed by atoms with Crippen LogP contribution in [-0.2, 0) is 10.0 Å². The van der Waals surface area contributed by atoms with Crippen LogP contribution in [0.1, 0.15) is 5.56 Å². The summed E-state index contributed by atoms with van der Waals surface area (Å²) in [6, 6.07) is 7.05. The zero-order chi connectivity index (χ0) is 15.0. The molecule has 1 aromatic carbocycles. The Kier molecular flexibility index (Phi) is 3.33. The van der Waals surface area contributed by atoms with Crippen molar-refractivity contribution in [2.75, 3.05) is 4.72 Å². The highest BCUT2D eigenvalue weighted by molar-refractivity contribution is 7.94. The molecule has 3 rings (SSSR count). The highest BCUT2D eigenvalue weighted by Crippen LogP contribution is 2.29. The fraction of sp³-hybridized carbons (Fsp3) is 0. The average Bonchev–Trinajstić information content (AvgIpc) is 3.05. The summed E-state index contributed by atoms with van der Waals surface area (Å²) in [6.45, 7) is 0. The van der Waals surface area contributed by atoms with Crippen LogP contribution < -0.4 is 4.72 Å². The van der Waals surface area contributed by atoms with Crippen LogP contribution in [0.4, 0.5) is 5.69 Å². The third kappa shape index (κ3) is 2.47. The predicted molar refractivity (Wildman–Crippen MR) is 80.9 cm³/mol. The Morgan fingerprint density at radius 2 is 2.24 bits per heavy atom. The monoisotopic (exact) mass is 338 g/mol. The molecule has 0 radical (unpaired) electrons. The normalized spacial score (nSPS) is 11.4. The molecule has 0 unspecified atom stereocenters. The highest BCUT2D eigenvalue weighted by Gasteiger charge is 2.20. The number of thiazole rings is 1. The summed E-state index contributed by atoms with van der Waals surface area (Å²) in [5.74, 6) is 0. The number of H-pyrrole nitrogens is 1. The molecule has 0 atom stereocenters. The van der Waals surface area contributed by atoms with Gasteiger partial charge in [0.25, 0.3) is 10.0 Å². The Balaban J connectivity index is 2.06. The minimum Gasteiger partial charge on any atom is -0.358 e. The van der Waals surface area contributed by atoms with E-state index >= 15 is 0 Å². The molecule has 2 N–H and O–H groups in total. The van der Waals surface area contributed by atoms with Gasteiger partial charge in [-0.1, -0.05) is 35.1 Å². The van der Waals surface area contributed by atoms with E-state index < -0.39 is 10.0 Å². The van der Waals surface area contributed by atoms with Gasteiger partial charge in [-0.15, -0.1) is 0 Å². The summed E-state index contributed by atoms with van der Waals surface area (Å²) < 4.78 is 27.1. The summed E-state index contributed by atoms with van der Waals surface area (Å²) in [7, 11) is -3.81. The number of hydrogen-bond donors (Lipinski definition) is 2. The van der Waals surface area contributed by atoms with Crippen molar-refractivity contribution in [3.05, 3.63) is 40.5 Å². The molecule has 0 aliphatic rings. The van der Waals surface area contributed by atoms with Crippen LogP contribution in [-0.4, -0.2) is 18.4 Å². The predicted octanol–water partition coefficient (Wildman–Crippen LogP) is 2.95. The summed E-state index contributed by atoms with van der Waals surface area (Å²) >= 11 is 6.58. The van der Waals surface area contributed by atoms with E-state index in [0.717, 1.165) is 11.3 Å². The lowest BCUT2D eigenvalue weighted by Crippen LogP contribution is -2.12.